The van der Waals surface area contributed by atoms with Crippen LogP contribution in [-0.4, -0.2) is 40.8 Å². The molecule has 0 unspecified atom stereocenters. The third-order valence-electron chi connectivity index (χ3n) is 4.43. The lowest BCUT2D eigenvalue weighted by atomic mass is 10.1. The minimum atomic E-state index is -0.592. The number of carbonyl (C=O) groups is 3. The van der Waals surface area contributed by atoms with E-state index in [1.54, 1.807) is 29.6 Å². The topological polar surface area (TPSA) is 88.6 Å². The molecule has 8 heteroatoms. The SMILES string of the molecule is O=C(OCCN1C(=O)c2ccccc2C1=O)c1csc(NCc2ccccc2)n1. The molecule has 0 bridgehead atoms. The van der Waals surface area contributed by atoms with Crippen molar-refractivity contribution in [1.82, 2.24) is 9.88 Å². The van der Waals surface area contributed by atoms with Crippen LogP contribution in [0, 0.1) is 0 Å². The first-order chi connectivity index (χ1) is 14.1. The summed E-state index contributed by atoms with van der Waals surface area (Å²) in [4.78, 5) is 42.1. The van der Waals surface area contributed by atoms with E-state index in [9.17, 15) is 14.4 Å². The summed E-state index contributed by atoms with van der Waals surface area (Å²) < 4.78 is 5.19. The molecule has 2 amide bonds. The van der Waals surface area contributed by atoms with Crippen molar-refractivity contribution >= 4 is 34.3 Å². The van der Waals surface area contributed by atoms with Crippen LogP contribution in [0.2, 0.25) is 0 Å². The Kier molecular flexibility index (Phi) is 5.35. The maximum Gasteiger partial charge on any atom is 0.357 e. The van der Waals surface area contributed by atoms with Gasteiger partial charge in [0.1, 0.15) is 6.61 Å². The van der Waals surface area contributed by atoms with Crippen molar-refractivity contribution < 1.29 is 19.1 Å². The third kappa shape index (κ3) is 4.02. The number of fused-ring (bicyclic) bond motifs is 1. The van der Waals surface area contributed by atoms with Crippen LogP contribution in [0.4, 0.5) is 5.13 Å². The van der Waals surface area contributed by atoms with E-state index in [0.29, 0.717) is 22.8 Å². The Labute approximate surface area is 170 Å². The van der Waals surface area contributed by atoms with Crippen LogP contribution < -0.4 is 5.32 Å². The molecule has 1 N–H and O–H groups in total. The summed E-state index contributed by atoms with van der Waals surface area (Å²) in [7, 11) is 0. The molecule has 29 heavy (non-hydrogen) atoms. The first-order valence-corrected chi connectivity index (χ1v) is 9.87. The Morgan fingerprint density at radius 1 is 1.00 bits per heavy atom. The largest absolute Gasteiger partial charge is 0.459 e. The number of nitrogens with zero attached hydrogens (tertiary/aromatic N) is 2. The van der Waals surface area contributed by atoms with Gasteiger partial charge in [0, 0.05) is 11.9 Å². The highest BCUT2D eigenvalue weighted by molar-refractivity contribution is 7.13. The molecule has 1 aliphatic rings. The Hall–Kier alpha value is -3.52. The van der Waals surface area contributed by atoms with Crippen molar-refractivity contribution in [2.45, 2.75) is 6.54 Å². The van der Waals surface area contributed by atoms with Crippen LogP contribution in [0.5, 0.6) is 0 Å². The van der Waals surface area contributed by atoms with Crippen LogP contribution in [-0.2, 0) is 11.3 Å². The summed E-state index contributed by atoms with van der Waals surface area (Å²) in [5.74, 6) is -1.34. The zero-order valence-corrected chi connectivity index (χ0v) is 16.1. The molecule has 0 saturated carbocycles. The molecule has 1 aliphatic heterocycles. The van der Waals surface area contributed by atoms with Crippen LogP contribution in [0.1, 0.15) is 36.8 Å². The molecule has 0 aliphatic carbocycles. The zero-order valence-electron chi connectivity index (χ0n) is 15.3. The van der Waals surface area contributed by atoms with Gasteiger partial charge >= 0.3 is 5.97 Å². The molecular formula is C21H17N3O4S. The van der Waals surface area contributed by atoms with Gasteiger partial charge < -0.3 is 10.1 Å². The summed E-state index contributed by atoms with van der Waals surface area (Å²) in [5, 5.41) is 5.38. The second-order valence-corrected chi connectivity index (χ2v) is 7.18. The minimum absolute atomic E-state index is 0.00133. The predicted octanol–water partition coefficient (Wildman–Crippen LogP) is 3.21. The Balaban J connectivity index is 1.28. The fraction of sp³-hybridized carbons (Fsp3) is 0.143. The minimum Gasteiger partial charge on any atom is -0.459 e. The molecule has 146 valence electrons. The van der Waals surface area contributed by atoms with Crippen molar-refractivity contribution in [3.05, 3.63) is 82.4 Å². The van der Waals surface area contributed by atoms with Gasteiger partial charge in [-0.3, -0.25) is 14.5 Å². The number of hydrogen-bond acceptors (Lipinski definition) is 7. The molecule has 7 nitrogen and oxygen atoms in total. The normalized spacial score (nSPS) is 12.8. The lowest BCUT2D eigenvalue weighted by Crippen LogP contribution is -2.33. The monoisotopic (exact) mass is 407 g/mol. The van der Waals surface area contributed by atoms with Crippen LogP contribution in [0.3, 0.4) is 0 Å². The van der Waals surface area contributed by atoms with Crippen molar-refractivity contribution in [3.63, 3.8) is 0 Å². The lowest BCUT2D eigenvalue weighted by Gasteiger charge is -2.13. The summed E-state index contributed by atoms with van der Waals surface area (Å²) in [6.45, 7) is 0.512. The molecule has 0 fully saturated rings. The second kappa shape index (κ2) is 8.24. The molecule has 1 aromatic heterocycles. The Morgan fingerprint density at radius 2 is 1.66 bits per heavy atom. The summed E-state index contributed by atoms with van der Waals surface area (Å²) in [6.07, 6.45) is 0. The second-order valence-electron chi connectivity index (χ2n) is 6.32. The number of amides is 2. The molecule has 2 heterocycles. The van der Waals surface area contributed by atoms with Crippen LogP contribution >= 0.6 is 11.3 Å². The van der Waals surface area contributed by atoms with Gasteiger partial charge in [0.25, 0.3) is 11.8 Å². The van der Waals surface area contributed by atoms with Gasteiger partial charge in [0.05, 0.1) is 17.7 Å². The number of thiazole rings is 1. The van der Waals surface area contributed by atoms with E-state index in [0.717, 1.165) is 10.5 Å². The maximum atomic E-state index is 12.3. The van der Waals surface area contributed by atoms with Gasteiger partial charge in [-0.05, 0) is 17.7 Å². The fourth-order valence-electron chi connectivity index (χ4n) is 2.97. The van der Waals surface area contributed by atoms with Gasteiger partial charge in [-0.1, -0.05) is 42.5 Å². The van der Waals surface area contributed by atoms with Crippen LogP contribution in [0.25, 0.3) is 0 Å². The number of anilines is 1. The molecule has 2 aromatic carbocycles. The molecule has 0 radical (unpaired) electrons. The number of imide groups is 1. The van der Waals surface area contributed by atoms with Gasteiger partial charge in [-0.15, -0.1) is 11.3 Å². The van der Waals surface area contributed by atoms with E-state index in [-0.39, 0.29) is 30.7 Å². The van der Waals surface area contributed by atoms with Gasteiger partial charge in [0.2, 0.25) is 0 Å². The van der Waals surface area contributed by atoms with E-state index in [1.807, 2.05) is 30.3 Å². The van der Waals surface area contributed by atoms with Gasteiger partial charge in [-0.25, -0.2) is 9.78 Å². The van der Waals surface area contributed by atoms with Crippen molar-refractivity contribution in [3.8, 4) is 0 Å². The average Bonchev–Trinajstić information content (AvgIpc) is 3.32. The van der Waals surface area contributed by atoms with Gasteiger partial charge in [-0.2, -0.15) is 0 Å². The smallest absolute Gasteiger partial charge is 0.357 e. The highest BCUT2D eigenvalue weighted by atomic mass is 32.1. The molecule has 0 spiro atoms. The molecule has 3 aromatic rings. The highest BCUT2D eigenvalue weighted by Crippen LogP contribution is 2.22. The van der Waals surface area contributed by atoms with E-state index < -0.39 is 5.97 Å². The number of esters is 1. The van der Waals surface area contributed by atoms with E-state index >= 15 is 0 Å². The number of rotatable bonds is 7. The molecule has 4 rings (SSSR count). The number of benzene rings is 2. The number of ether oxygens (including phenoxy) is 1. The standard InChI is InChI=1S/C21H17N3O4S/c25-18-15-8-4-5-9-16(15)19(26)24(18)10-11-28-20(27)17-13-29-21(23-17)22-12-14-6-2-1-3-7-14/h1-9,13H,10-12H2,(H,22,23). The predicted molar refractivity (Wildman–Crippen MR) is 108 cm³/mol. The Bertz CT molecular complexity index is 1030. The van der Waals surface area contributed by atoms with Gasteiger partial charge in [0.15, 0.2) is 10.8 Å². The number of aromatic nitrogens is 1. The molecule has 0 saturated heterocycles. The summed E-state index contributed by atoms with van der Waals surface area (Å²) in [5.41, 5.74) is 2.04. The maximum absolute atomic E-state index is 12.3. The molecule has 0 atom stereocenters. The lowest BCUT2D eigenvalue weighted by molar-refractivity contribution is 0.0416. The third-order valence-corrected chi connectivity index (χ3v) is 5.23. The fourth-order valence-corrected chi connectivity index (χ4v) is 3.65. The Morgan fingerprint density at radius 3 is 2.34 bits per heavy atom. The number of nitrogens with one attached hydrogen (secondary N) is 1. The summed E-state index contributed by atoms with van der Waals surface area (Å²) >= 11 is 1.31. The van der Waals surface area contributed by atoms with Crippen molar-refractivity contribution in [1.29, 1.82) is 0 Å². The molecular weight excluding hydrogens is 390 g/mol. The first-order valence-electron chi connectivity index (χ1n) is 8.99. The van der Waals surface area contributed by atoms with E-state index in [1.165, 1.54) is 11.3 Å². The van der Waals surface area contributed by atoms with Crippen molar-refractivity contribution in [2.75, 3.05) is 18.5 Å². The zero-order chi connectivity index (χ0) is 20.2. The van der Waals surface area contributed by atoms with E-state index in [4.69, 9.17) is 4.74 Å². The average molecular weight is 407 g/mol. The van der Waals surface area contributed by atoms with Crippen LogP contribution in [0.15, 0.2) is 60.0 Å². The first kappa shape index (κ1) is 18.8. The highest BCUT2D eigenvalue weighted by Gasteiger charge is 2.34. The number of carbonyl (C=O) groups excluding carboxylic acids is 3. The number of hydrogen-bond donors (Lipinski definition) is 1. The summed E-state index contributed by atoms with van der Waals surface area (Å²) in [6, 6.07) is 16.5. The van der Waals surface area contributed by atoms with E-state index in [2.05, 4.69) is 10.3 Å². The van der Waals surface area contributed by atoms with Crippen molar-refractivity contribution in [2.24, 2.45) is 0 Å². The quantitative estimate of drug-likeness (QED) is 0.478.